The van der Waals surface area contributed by atoms with Crippen molar-refractivity contribution in [3.8, 4) is 0 Å². The predicted octanol–water partition coefficient (Wildman–Crippen LogP) is 5.97. The summed E-state index contributed by atoms with van der Waals surface area (Å²) in [6.07, 6.45) is 12.4. The number of ether oxygens (including phenoxy) is 1. The van der Waals surface area contributed by atoms with Gasteiger partial charge >= 0.3 is 0 Å². The van der Waals surface area contributed by atoms with Gasteiger partial charge in [-0.3, -0.25) is 4.79 Å². The van der Waals surface area contributed by atoms with Crippen LogP contribution in [0.2, 0.25) is 0 Å². The highest BCUT2D eigenvalue weighted by Crippen LogP contribution is 2.20. The maximum Gasteiger partial charge on any atom is 0.293 e. The molecule has 0 unspecified atom stereocenters. The summed E-state index contributed by atoms with van der Waals surface area (Å²) in [4.78, 5) is 11.0. The fourth-order valence-electron chi connectivity index (χ4n) is 2.11. The molecule has 0 aromatic carbocycles. The Kier molecular flexibility index (Phi) is 12.8. The van der Waals surface area contributed by atoms with Crippen LogP contribution in [-0.4, -0.2) is 12.1 Å². The molecular formula is C19H35NO2S. The van der Waals surface area contributed by atoms with Crippen LogP contribution in [0.4, 0.5) is 5.00 Å². The fraction of sp³-hybridized carbons (Fsp3) is 0.737. The number of unbranched alkanes of at least 4 members (excludes halogenated alkanes) is 7. The van der Waals surface area contributed by atoms with E-state index in [0.29, 0.717) is 6.47 Å². The Morgan fingerprint density at radius 2 is 1.61 bits per heavy atom. The van der Waals surface area contributed by atoms with Gasteiger partial charge in [-0.2, -0.15) is 0 Å². The van der Waals surface area contributed by atoms with Gasteiger partial charge in [0.1, 0.15) is 5.60 Å². The second-order valence-corrected chi connectivity index (χ2v) is 8.06. The quantitative estimate of drug-likeness (QED) is 0.421. The summed E-state index contributed by atoms with van der Waals surface area (Å²) in [5.41, 5.74) is 5.38. The van der Waals surface area contributed by atoms with Gasteiger partial charge in [0.15, 0.2) is 0 Å². The molecule has 3 nitrogen and oxygen atoms in total. The lowest BCUT2D eigenvalue weighted by molar-refractivity contribution is -0.138. The molecule has 2 N–H and O–H groups in total. The van der Waals surface area contributed by atoms with Crippen LogP contribution in [0.15, 0.2) is 12.1 Å². The van der Waals surface area contributed by atoms with Crippen molar-refractivity contribution in [3.63, 3.8) is 0 Å². The zero-order valence-electron chi connectivity index (χ0n) is 15.4. The third-order valence-corrected chi connectivity index (χ3v) is 4.34. The molecule has 0 saturated heterocycles. The maximum absolute atomic E-state index is 9.60. The number of carbonyl (C=O) groups is 1. The summed E-state index contributed by atoms with van der Waals surface area (Å²) in [5.74, 6) is 0. The minimum atomic E-state index is -0.318. The Bertz CT molecular complexity index is 396. The van der Waals surface area contributed by atoms with Gasteiger partial charge in [-0.1, -0.05) is 51.9 Å². The first-order valence-electron chi connectivity index (χ1n) is 8.84. The molecule has 0 radical (unpaired) electrons. The first kappa shape index (κ1) is 22.0. The van der Waals surface area contributed by atoms with Gasteiger partial charge in [-0.05, 0) is 45.7 Å². The Morgan fingerprint density at radius 1 is 1.04 bits per heavy atom. The molecule has 0 spiro atoms. The molecule has 4 heteroatoms. The molecule has 0 amide bonds. The van der Waals surface area contributed by atoms with Crippen molar-refractivity contribution in [2.45, 2.75) is 91.1 Å². The number of nitrogen functional groups attached to an aromatic ring is 1. The zero-order chi connectivity index (χ0) is 17.6. The van der Waals surface area contributed by atoms with E-state index in [4.69, 9.17) is 5.73 Å². The van der Waals surface area contributed by atoms with Gasteiger partial charge in [0.25, 0.3) is 6.47 Å². The first-order valence-corrected chi connectivity index (χ1v) is 9.66. The number of anilines is 1. The molecule has 1 rings (SSSR count). The molecule has 1 aromatic rings. The van der Waals surface area contributed by atoms with E-state index >= 15 is 0 Å². The molecule has 1 aromatic heterocycles. The first-order chi connectivity index (χ1) is 10.9. The molecule has 0 aliphatic heterocycles. The van der Waals surface area contributed by atoms with Crippen LogP contribution >= 0.6 is 11.3 Å². The van der Waals surface area contributed by atoms with E-state index in [2.05, 4.69) is 17.7 Å². The van der Waals surface area contributed by atoms with Gasteiger partial charge in [0, 0.05) is 4.88 Å². The Hall–Kier alpha value is -1.03. The second-order valence-electron chi connectivity index (χ2n) is 6.86. The number of rotatable bonds is 10. The lowest BCUT2D eigenvalue weighted by Crippen LogP contribution is -2.17. The summed E-state index contributed by atoms with van der Waals surface area (Å²) in [6, 6.07) is 4.19. The molecule has 0 bridgehead atoms. The third kappa shape index (κ3) is 15.6. The molecule has 0 saturated carbocycles. The number of hydrogen-bond acceptors (Lipinski definition) is 4. The van der Waals surface area contributed by atoms with Gasteiger partial charge < -0.3 is 10.5 Å². The minimum Gasteiger partial charge on any atom is -0.462 e. The maximum atomic E-state index is 9.60. The number of aryl methyl sites for hydroxylation is 1. The van der Waals surface area contributed by atoms with Crippen molar-refractivity contribution in [2.75, 3.05) is 5.73 Å². The van der Waals surface area contributed by atoms with E-state index in [1.165, 1.54) is 62.7 Å². The standard InChI is InChI=1S/C14H25NS.C5H10O2/c1-2-3-4-5-6-7-8-9-10-13-11-12-14(15)16-13;1-5(2,3)7-4-6/h11-12H,2-10,15H2,1H3;4H,1-3H3. The Morgan fingerprint density at radius 3 is 2.00 bits per heavy atom. The van der Waals surface area contributed by atoms with E-state index in [0.717, 1.165) is 5.00 Å². The van der Waals surface area contributed by atoms with E-state index in [1.807, 2.05) is 26.8 Å². The highest BCUT2D eigenvalue weighted by Gasteiger charge is 2.07. The van der Waals surface area contributed by atoms with Crippen molar-refractivity contribution in [3.05, 3.63) is 17.0 Å². The summed E-state index contributed by atoms with van der Waals surface area (Å²) in [7, 11) is 0. The largest absolute Gasteiger partial charge is 0.462 e. The summed E-state index contributed by atoms with van der Waals surface area (Å²) in [6.45, 7) is 8.19. The number of hydrogen-bond donors (Lipinski definition) is 1. The van der Waals surface area contributed by atoms with E-state index in [1.54, 1.807) is 11.3 Å². The van der Waals surface area contributed by atoms with Gasteiger partial charge in [-0.25, -0.2) is 0 Å². The van der Waals surface area contributed by atoms with Crippen molar-refractivity contribution in [2.24, 2.45) is 0 Å². The lowest BCUT2D eigenvalue weighted by atomic mass is 10.1. The van der Waals surface area contributed by atoms with Crippen molar-refractivity contribution in [1.82, 2.24) is 0 Å². The molecule has 134 valence electrons. The number of nitrogens with two attached hydrogens (primary N) is 1. The van der Waals surface area contributed by atoms with E-state index < -0.39 is 0 Å². The van der Waals surface area contributed by atoms with Crippen LogP contribution in [-0.2, 0) is 16.0 Å². The van der Waals surface area contributed by atoms with E-state index in [-0.39, 0.29) is 5.60 Å². The van der Waals surface area contributed by atoms with Crippen LogP contribution in [0.3, 0.4) is 0 Å². The normalized spacial score (nSPS) is 10.8. The molecule has 23 heavy (non-hydrogen) atoms. The number of carbonyl (C=O) groups excluding carboxylic acids is 1. The average Bonchev–Trinajstić information content (AvgIpc) is 2.87. The fourth-order valence-corrected chi connectivity index (χ4v) is 2.93. The van der Waals surface area contributed by atoms with Gasteiger partial charge in [0.05, 0.1) is 5.00 Å². The van der Waals surface area contributed by atoms with E-state index in [9.17, 15) is 4.79 Å². The molecule has 1 heterocycles. The monoisotopic (exact) mass is 341 g/mol. The van der Waals surface area contributed by atoms with Gasteiger partial charge in [-0.15, -0.1) is 11.3 Å². The number of thiophene rings is 1. The third-order valence-electron chi connectivity index (χ3n) is 3.36. The summed E-state index contributed by atoms with van der Waals surface area (Å²) >= 11 is 1.74. The summed E-state index contributed by atoms with van der Waals surface area (Å²) < 4.78 is 4.55. The topological polar surface area (TPSA) is 52.3 Å². The van der Waals surface area contributed by atoms with Crippen molar-refractivity contribution >= 4 is 22.8 Å². The molecular weight excluding hydrogens is 306 g/mol. The van der Waals surface area contributed by atoms with Crippen LogP contribution < -0.4 is 5.73 Å². The van der Waals surface area contributed by atoms with Crippen LogP contribution in [0.25, 0.3) is 0 Å². The van der Waals surface area contributed by atoms with Crippen molar-refractivity contribution in [1.29, 1.82) is 0 Å². The Balaban J connectivity index is 0.000000585. The highest BCUT2D eigenvalue weighted by atomic mass is 32.1. The second kappa shape index (κ2) is 13.4. The molecule has 0 aliphatic rings. The van der Waals surface area contributed by atoms with Crippen LogP contribution in [0, 0.1) is 0 Å². The van der Waals surface area contributed by atoms with Gasteiger partial charge in [0.2, 0.25) is 0 Å². The van der Waals surface area contributed by atoms with Crippen LogP contribution in [0.1, 0.15) is 83.9 Å². The summed E-state index contributed by atoms with van der Waals surface area (Å²) in [5, 5.41) is 0.953. The molecule has 0 atom stereocenters. The molecule has 0 fully saturated rings. The van der Waals surface area contributed by atoms with Crippen molar-refractivity contribution < 1.29 is 9.53 Å². The molecule has 0 aliphatic carbocycles. The average molecular weight is 342 g/mol. The smallest absolute Gasteiger partial charge is 0.293 e. The Labute approximate surface area is 146 Å². The minimum absolute atomic E-state index is 0.318. The highest BCUT2D eigenvalue weighted by molar-refractivity contribution is 7.15. The zero-order valence-corrected chi connectivity index (χ0v) is 16.2. The van der Waals surface area contributed by atoms with Crippen LogP contribution in [0.5, 0.6) is 0 Å². The lowest BCUT2D eigenvalue weighted by Gasteiger charge is -2.14. The SMILES string of the molecule is CC(C)(C)OC=O.CCCCCCCCCCc1ccc(N)s1. The predicted molar refractivity (Wildman–Crippen MR) is 102 cm³/mol.